The molecule has 80 valence electrons. The summed E-state index contributed by atoms with van der Waals surface area (Å²) in [4.78, 5) is 24.6. The average Bonchev–Trinajstić information content (AvgIpc) is 2.63. The van der Waals surface area contributed by atoms with Crippen LogP contribution in [0.5, 0.6) is 0 Å². The summed E-state index contributed by atoms with van der Waals surface area (Å²) in [5.74, 6) is -0.00986. The Morgan fingerprint density at radius 2 is 2.21 bits per heavy atom. The van der Waals surface area contributed by atoms with Gasteiger partial charge in [0.05, 0.1) is 12.1 Å². The van der Waals surface area contributed by atoms with Crippen LogP contribution < -0.4 is 5.73 Å². The van der Waals surface area contributed by atoms with Gasteiger partial charge in [-0.25, -0.2) is 0 Å². The summed E-state index contributed by atoms with van der Waals surface area (Å²) in [6, 6.07) is -0.671. The smallest absolute Gasteiger partial charge is 0.240 e. The largest absolute Gasteiger partial charge is 0.331 e. The second-order valence-corrected chi connectivity index (χ2v) is 3.82. The van der Waals surface area contributed by atoms with Crippen molar-refractivity contribution in [3.8, 4) is 0 Å². The lowest BCUT2D eigenvalue weighted by Gasteiger charge is -2.25. The van der Waals surface area contributed by atoms with E-state index < -0.39 is 6.04 Å². The Morgan fingerprint density at radius 3 is 2.71 bits per heavy atom. The second-order valence-electron chi connectivity index (χ2n) is 3.82. The maximum Gasteiger partial charge on any atom is 0.240 e. The van der Waals surface area contributed by atoms with Gasteiger partial charge in [0.25, 0.3) is 0 Å². The molecule has 0 aromatic heterocycles. The van der Waals surface area contributed by atoms with Gasteiger partial charge in [0, 0.05) is 6.54 Å². The van der Waals surface area contributed by atoms with Gasteiger partial charge in [-0.3, -0.25) is 9.59 Å². The van der Waals surface area contributed by atoms with Crippen LogP contribution in [-0.4, -0.2) is 35.2 Å². The SMILES string of the molecule is CC[C@H](N)C(=O)N1CCC[C@H]1C(C)=O. The summed E-state index contributed by atoms with van der Waals surface area (Å²) in [5, 5.41) is 0. The molecule has 1 heterocycles. The van der Waals surface area contributed by atoms with Crippen LogP contribution in [0.2, 0.25) is 0 Å². The number of nitrogens with two attached hydrogens (primary N) is 1. The summed E-state index contributed by atoms with van der Waals surface area (Å²) >= 11 is 0. The maximum atomic E-state index is 11.7. The minimum absolute atomic E-state index is 0.0687. The first kappa shape index (κ1) is 11.2. The number of nitrogens with zero attached hydrogens (tertiary/aromatic N) is 1. The monoisotopic (exact) mass is 198 g/mol. The van der Waals surface area contributed by atoms with Crippen molar-refractivity contribution >= 4 is 11.7 Å². The zero-order chi connectivity index (χ0) is 10.7. The number of likely N-dealkylation sites (tertiary alicyclic amines) is 1. The Morgan fingerprint density at radius 1 is 1.57 bits per heavy atom. The van der Waals surface area contributed by atoms with Crippen LogP contribution in [0, 0.1) is 0 Å². The van der Waals surface area contributed by atoms with Gasteiger partial charge in [0.15, 0.2) is 5.78 Å². The fourth-order valence-corrected chi connectivity index (χ4v) is 1.84. The first-order chi connectivity index (χ1) is 6.57. The fourth-order valence-electron chi connectivity index (χ4n) is 1.84. The van der Waals surface area contributed by atoms with Crippen molar-refractivity contribution in [2.24, 2.45) is 5.73 Å². The molecule has 1 rings (SSSR count). The van der Waals surface area contributed by atoms with Gasteiger partial charge in [-0.15, -0.1) is 0 Å². The van der Waals surface area contributed by atoms with Gasteiger partial charge in [-0.05, 0) is 26.2 Å². The third-order valence-corrected chi connectivity index (χ3v) is 2.76. The third kappa shape index (κ3) is 2.12. The molecule has 14 heavy (non-hydrogen) atoms. The standard InChI is InChI=1S/C10H18N2O2/c1-3-8(11)10(14)12-6-4-5-9(12)7(2)13/h8-9H,3-6,11H2,1-2H3/t8-,9-/m0/s1. The van der Waals surface area contributed by atoms with Gasteiger partial charge in [-0.2, -0.15) is 0 Å². The second kappa shape index (κ2) is 4.55. The lowest BCUT2D eigenvalue weighted by molar-refractivity contribution is -0.138. The lowest BCUT2D eigenvalue weighted by atomic mass is 10.1. The molecule has 0 radical (unpaired) electrons. The number of hydrogen-bond acceptors (Lipinski definition) is 3. The number of rotatable bonds is 3. The fraction of sp³-hybridized carbons (Fsp3) is 0.800. The van der Waals surface area contributed by atoms with Crippen LogP contribution in [0.3, 0.4) is 0 Å². The number of amides is 1. The molecule has 0 aromatic carbocycles. The molecule has 0 bridgehead atoms. The van der Waals surface area contributed by atoms with Crippen LogP contribution in [0.15, 0.2) is 0 Å². The van der Waals surface area contributed by atoms with E-state index >= 15 is 0 Å². The van der Waals surface area contributed by atoms with Crippen LogP contribution in [0.25, 0.3) is 0 Å². The number of Topliss-reactive ketones (excluding diaryl/α,β-unsaturated/α-hetero) is 1. The zero-order valence-electron chi connectivity index (χ0n) is 8.82. The molecule has 4 heteroatoms. The topological polar surface area (TPSA) is 63.4 Å². The van der Waals surface area contributed by atoms with Crippen LogP contribution >= 0.6 is 0 Å². The van der Waals surface area contributed by atoms with Crippen LogP contribution in [-0.2, 0) is 9.59 Å². The highest BCUT2D eigenvalue weighted by Crippen LogP contribution is 2.18. The van der Waals surface area contributed by atoms with Crippen molar-refractivity contribution in [2.45, 2.75) is 45.2 Å². The van der Waals surface area contributed by atoms with Gasteiger partial charge >= 0.3 is 0 Å². The van der Waals surface area contributed by atoms with Crippen LogP contribution in [0.4, 0.5) is 0 Å². The van der Waals surface area contributed by atoms with Crippen molar-refractivity contribution in [2.75, 3.05) is 6.54 Å². The van der Waals surface area contributed by atoms with E-state index in [1.165, 1.54) is 6.92 Å². The van der Waals surface area contributed by atoms with E-state index in [2.05, 4.69) is 0 Å². The average molecular weight is 198 g/mol. The Hall–Kier alpha value is -0.900. The first-order valence-electron chi connectivity index (χ1n) is 5.14. The number of hydrogen-bond donors (Lipinski definition) is 1. The van der Waals surface area contributed by atoms with E-state index in [4.69, 9.17) is 5.73 Å². The van der Waals surface area contributed by atoms with Crippen molar-refractivity contribution < 1.29 is 9.59 Å². The van der Waals surface area contributed by atoms with Crippen molar-refractivity contribution in [3.05, 3.63) is 0 Å². The summed E-state index contributed by atoms with van der Waals surface area (Å²) in [6.07, 6.45) is 2.32. The lowest BCUT2D eigenvalue weighted by Crippen LogP contribution is -2.47. The maximum absolute atomic E-state index is 11.7. The summed E-state index contributed by atoms with van der Waals surface area (Å²) in [6.45, 7) is 4.09. The Balaban J connectivity index is 2.67. The van der Waals surface area contributed by atoms with E-state index in [-0.39, 0.29) is 17.7 Å². The van der Waals surface area contributed by atoms with E-state index in [1.807, 2.05) is 6.92 Å². The van der Waals surface area contributed by atoms with Crippen LogP contribution in [0.1, 0.15) is 33.1 Å². The molecular weight excluding hydrogens is 180 g/mol. The molecule has 1 saturated heterocycles. The molecule has 4 nitrogen and oxygen atoms in total. The molecule has 2 N–H and O–H groups in total. The van der Waals surface area contributed by atoms with Crippen molar-refractivity contribution in [1.82, 2.24) is 4.90 Å². The highest BCUT2D eigenvalue weighted by Gasteiger charge is 2.33. The molecule has 1 amide bonds. The molecule has 1 aliphatic heterocycles. The molecular formula is C10H18N2O2. The number of carbonyl (C=O) groups excluding carboxylic acids is 2. The number of carbonyl (C=O) groups is 2. The first-order valence-corrected chi connectivity index (χ1v) is 5.14. The highest BCUT2D eigenvalue weighted by molar-refractivity contribution is 5.90. The number of ketones is 1. The van der Waals surface area contributed by atoms with E-state index in [0.29, 0.717) is 13.0 Å². The van der Waals surface area contributed by atoms with E-state index in [9.17, 15) is 9.59 Å². The van der Waals surface area contributed by atoms with Gasteiger partial charge in [-0.1, -0.05) is 6.92 Å². The molecule has 2 atom stereocenters. The molecule has 0 unspecified atom stereocenters. The Bertz CT molecular complexity index is 240. The molecule has 0 aliphatic carbocycles. The quantitative estimate of drug-likeness (QED) is 0.709. The van der Waals surface area contributed by atoms with E-state index in [0.717, 1.165) is 12.8 Å². The predicted octanol–water partition coefficient (Wildman–Crippen LogP) is 0.304. The summed E-state index contributed by atoms with van der Waals surface area (Å²) in [5.41, 5.74) is 5.66. The van der Waals surface area contributed by atoms with Crippen molar-refractivity contribution in [3.63, 3.8) is 0 Å². The normalized spacial score (nSPS) is 23.6. The summed E-state index contributed by atoms with van der Waals surface area (Å²) < 4.78 is 0. The van der Waals surface area contributed by atoms with Gasteiger partial charge < -0.3 is 10.6 Å². The molecule has 1 aliphatic rings. The molecule has 0 aromatic rings. The van der Waals surface area contributed by atoms with Crippen molar-refractivity contribution in [1.29, 1.82) is 0 Å². The molecule has 0 spiro atoms. The predicted molar refractivity (Wildman–Crippen MR) is 53.7 cm³/mol. The minimum Gasteiger partial charge on any atom is -0.331 e. The third-order valence-electron chi connectivity index (χ3n) is 2.76. The zero-order valence-corrected chi connectivity index (χ0v) is 8.82. The Labute approximate surface area is 84.4 Å². The molecule has 1 fully saturated rings. The summed E-state index contributed by atoms with van der Waals surface area (Å²) in [7, 11) is 0. The minimum atomic E-state index is -0.449. The van der Waals surface area contributed by atoms with Gasteiger partial charge in [0.2, 0.25) is 5.91 Å². The highest BCUT2D eigenvalue weighted by atomic mass is 16.2. The molecule has 0 saturated carbocycles. The van der Waals surface area contributed by atoms with E-state index in [1.54, 1.807) is 4.90 Å². The Kier molecular flexibility index (Phi) is 3.63. The van der Waals surface area contributed by atoms with Gasteiger partial charge in [0.1, 0.15) is 0 Å².